The van der Waals surface area contributed by atoms with Crippen LogP contribution in [0, 0.1) is 10.1 Å². The van der Waals surface area contributed by atoms with Crippen molar-refractivity contribution in [3.8, 4) is 11.5 Å². The molecule has 1 aromatic heterocycles. The summed E-state index contributed by atoms with van der Waals surface area (Å²) in [5.74, 6) is 0.683. The number of benzene rings is 2. The molecule has 2 aliphatic rings. The molecular weight excluding hydrogens is 665 g/mol. The van der Waals surface area contributed by atoms with Gasteiger partial charge in [0.15, 0.2) is 0 Å². The lowest BCUT2D eigenvalue weighted by atomic mass is 10.1. The minimum Gasteiger partial charge on any atom is -0.495 e. The fourth-order valence-corrected chi connectivity index (χ4v) is 6.21. The zero-order valence-electron chi connectivity index (χ0n) is 27.5. The Kier molecular flexibility index (Phi) is 9.79. The molecule has 16 heteroatoms. The first-order chi connectivity index (χ1) is 22.7. The lowest BCUT2D eigenvalue weighted by molar-refractivity contribution is -0.383. The van der Waals surface area contributed by atoms with Gasteiger partial charge in [0.25, 0.3) is 5.69 Å². The highest BCUT2D eigenvalue weighted by Gasteiger charge is 2.54. The quantitative estimate of drug-likeness (QED) is 0.199. The van der Waals surface area contributed by atoms with Crippen LogP contribution in [0.4, 0.5) is 33.5 Å². The summed E-state index contributed by atoms with van der Waals surface area (Å²) in [7, 11) is 4.41. The molecule has 2 aromatic carbocycles. The van der Waals surface area contributed by atoms with Gasteiger partial charge in [0.05, 0.1) is 41.1 Å². The number of hydrogen-bond donors (Lipinski definition) is 1. The van der Waals surface area contributed by atoms with E-state index in [1.807, 2.05) is 20.8 Å². The van der Waals surface area contributed by atoms with Gasteiger partial charge in [-0.15, -0.1) is 0 Å². The zero-order valence-corrected chi connectivity index (χ0v) is 29.0. The number of nitro groups is 1. The number of rotatable bonds is 9. The van der Waals surface area contributed by atoms with Gasteiger partial charge in [-0.05, 0) is 45.7 Å². The maximum Gasteiger partial charge on any atom is 0.410 e. The Morgan fingerprint density at radius 1 is 1.06 bits per heavy atom. The molecule has 14 nitrogen and oxygen atoms in total. The highest BCUT2D eigenvalue weighted by molar-refractivity contribution is 6.38. The number of nitro benzene ring substituents is 1. The Morgan fingerprint density at radius 2 is 1.73 bits per heavy atom. The summed E-state index contributed by atoms with van der Waals surface area (Å²) in [6, 6.07) is 7.95. The van der Waals surface area contributed by atoms with Crippen molar-refractivity contribution in [1.82, 2.24) is 14.9 Å². The lowest BCUT2D eigenvalue weighted by Gasteiger charge is -2.43. The zero-order chi connectivity index (χ0) is 35.0. The first-order valence-corrected chi connectivity index (χ1v) is 15.9. The average Bonchev–Trinajstić information content (AvgIpc) is 3.80. The van der Waals surface area contributed by atoms with Crippen molar-refractivity contribution in [2.24, 2.45) is 0 Å². The van der Waals surface area contributed by atoms with E-state index < -0.39 is 16.4 Å². The van der Waals surface area contributed by atoms with Crippen LogP contribution < -0.4 is 24.6 Å². The fourth-order valence-electron chi connectivity index (χ4n) is 5.57. The Bertz CT molecular complexity index is 1720. The van der Waals surface area contributed by atoms with E-state index in [0.717, 1.165) is 12.8 Å². The van der Waals surface area contributed by atoms with Crippen molar-refractivity contribution in [1.29, 1.82) is 0 Å². The van der Waals surface area contributed by atoms with E-state index in [2.05, 4.69) is 20.2 Å². The molecule has 1 spiro atoms. The Hall–Kier alpha value is -4.56. The van der Waals surface area contributed by atoms with E-state index in [1.165, 1.54) is 50.7 Å². The third kappa shape index (κ3) is 7.29. The molecule has 3 aromatic rings. The molecule has 256 valence electrons. The Morgan fingerprint density at radius 3 is 2.31 bits per heavy atom. The van der Waals surface area contributed by atoms with Crippen LogP contribution in [0.2, 0.25) is 10.0 Å². The molecule has 1 saturated heterocycles. The third-order valence-corrected chi connectivity index (χ3v) is 9.09. The topological polar surface area (TPSA) is 152 Å². The summed E-state index contributed by atoms with van der Waals surface area (Å²) in [5.41, 5.74) is 0.0983. The maximum atomic E-state index is 13.3. The number of nitrogens with zero attached hydrogens (tertiary/aromatic N) is 6. The monoisotopic (exact) mass is 701 g/mol. The van der Waals surface area contributed by atoms with Gasteiger partial charge in [0.1, 0.15) is 40.8 Å². The number of hydrogen-bond acceptors (Lipinski definition) is 11. The van der Waals surface area contributed by atoms with Crippen molar-refractivity contribution >= 4 is 63.9 Å². The molecule has 5 rings (SSSR count). The molecule has 1 N–H and O–H groups in total. The van der Waals surface area contributed by atoms with Crippen LogP contribution >= 0.6 is 23.2 Å². The number of nitrogens with one attached hydrogen (secondary N) is 1. The molecule has 2 heterocycles. The number of carbonyl (C=O) groups is 2. The first kappa shape index (κ1) is 34.8. The van der Waals surface area contributed by atoms with Crippen LogP contribution in [-0.2, 0) is 16.0 Å². The van der Waals surface area contributed by atoms with E-state index in [1.54, 1.807) is 17.0 Å². The summed E-state index contributed by atoms with van der Waals surface area (Å²) in [5, 5.41) is 15.6. The van der Waals surface area contributed by atoms with E-state index >= 15 is 0 Å². The second-order valence-electron chi connectivity index (χ2n) is 12.6. The van der Waals surface area contributed by atoms with E-state index in [0.29, 0.717) is 42.4 Å². The number of amides is 2. The largest absolute Gasteiger partial charge is 0.495 e. The number of ether oxygens (including phenoxy) is 3. The summed E-state index contributed by atoms with van der Waals surface area (Å²) in [6.45, 7) is 7.00. The second-order valence-corrected chi connectivity index (χ2v) is 13.4. The second kappa shape index (κ2) is 13.5. The first-order valence-electron chi connectivity index (χ1n) is 15.1. The smallest absolute Gasteiger partial charge is 0.410 e. The number of piperazine rings is 1. The summed E-state index contributed by atoms with van der Waals surface area (Å²) >= 11 is 12.9. The van der Waals surface area contributed by atoms with Gasteiger partial charge in [0.2, 0.25) is 5.91 Å². The average molecular weight is 703 g/mol. The van der Waals surface area contributed by atoms with Crippen LogP contribution in [0.5, 0.6) is 11.5 Å². The minimum atomic E-state index is -0.600. The van der Waals surface area contributed by atoms with Crippen molar-refractivity contribution < 1.29 is 28.7 Å². The fraction of sp³-hybridized carbons (Fsp3) is 0.438. The number of aromatic nitrogens is 2. The summed E-state index contributed by atoms with van der Waals surface area (Å²) in [6.07, 6.45) is 2.40. The number of anilines is 4. The number of carbonyl (C=O) groups excluding carboxylic acids is 2. The van der Waals surface area contributed by atoms with Gasteiger partial charge in [-0.1, -0.05) is 23.2 Å². The Balaban J connectivity index is 1.31. The summed E-state index contributed by atoms with van der Waals surface area (Å²) in [4.78, 5) is 51.5. The van der Waals surface area contributed by atoms with Gasteiger partial charge >= 0.3 is 6.09 Å². The number of halogens is 2. The van der Waals surface area contributed by atoms with Crippen molar-refractivity contribution in [3.05, 3.63) is 62.4 Å². The van der Waals surface area contributed by atoms with Gasteiger partial charge in [0, 0.05) is 56.1 Å². The van der Waals surface area contributed by atoms with Gasteiger partial charge < -0.3 is 24.4 Å². The van der Waals surface area contributed by atoms with Crippen LogP contribution in [0.1, 0.15) is 39.2 Å². The van der Waals surface area contributed by atoms with Crippen LogP contribution in [-0.4, -0.2) is 83.8 Å². The van der Waals surface area contributed by atoms with E-state index in [-0.39, 0.29) is 51.1 Å². The standard InChI is InChI=1S/C32H37Cl2N7O7/c1-31(2,3)48-30(43)40-12-11-39(17-32(40)9-10-32)19-7-8-21(22(13-19)41(44)45)37-25-16-26(36-18-35-25)38(4)27(42)14-20-28(33)23(46-5)15-24(47-6)29(20)34/h7-8,13,15-16,18H,9-12,14,17H2,1-6H3,(H,35,36,37). The van der Waals surface area contributed by atoms with Crippen LogP contribution in [0.3, 0.4) is 0 Å². The highest BCUT2D eigenvalue weighted by atomic mass is 35.5. The molecule has 1 saturated carbocycles. The molecule has 2 fully saturated rings. The van der Waals surface area contributed by atoms with Gasteiger partial charge in [-0.3, -0.25) is 24.7 Å². The van der Waals surface area contributed by atoms with Crippen molar-refractivity contribution in [3.63, 3.8) is 0 Å². The van der Waals surface area contributed by atoms with E-state index in [4.69, 9.17) is 37.4 Å². The molecule has 0 atom stereocenters. The molecular formula is C32H37Cl2N7O7. The molecule has 1 aliphatic carbocycles. The normalized spacial score (nSPS) is 15.2. The van der Waals surface area contributed by atoms with Gasteiger partial charge in [-0.2, -0.15) is 0 Å². The van der Waals surface area contributed by atoms with Gasteiger partial charge in [-0.25, -0.2) is 14.8 Å². The minimum absolute atomic E-state index is 0.159. The predicted octanol–water partition coefficient (Wildman–Crippen LogP) is 6.25. The third-order valence-electron chi connectivity index (χ3n) is 8.26. The molecule has 0 bridgehead atoms. The van der Waals surface area contributed by atoms with E-state index in [9.17, 15) is 19.7 Å². The number of methoxy groups -OCH3 is 2. The maximum absolute atomic E-state index is 13.3. The lowest BCUT2D eigenvalue weighted by Crippen LogP contribution is -2.58. The molecule has 1 aliphatic heterocycles. The predicted molar refractivity (Wildman–Crippen MR) is 182 cm³/mol. The highest BCUT2D eigenvalue weighted by Crippen LogP contribution is 2.46. The van der Waals surface area contributed by atoms with Crippen LogP contribution in [0.25, 0.3) is 0 Å². The van der Waals surface area contributed by atoms with Crippen molar-refractivity contribution in [2.75, 3.05) is 56.0 Å². The number of likely N-dealkylation sites (N-methyl/N-ethyl adjacent to an activating group) is 1. The molecule has 0 radical (unpaired) electrons. The van der Waals surface area contributed by atoms with Crippen molar-refractivity contribution in [2.45, 2.75) is 51.2 Å². The SMILES string of the molecule is COc1cc(OC)c(Cl)c(CC(=O)N(C)c2cc(Nc3ccc(N4CCN(C(=O)OC(C)(C)C)C5(CC5)C4)cc3[N+](=O)[O-])ncn2)c1Cl. The molecule has 0 unspecified atom stereocenters. The van der Waals surface area contributed by atoms with Crippen LogP contribution in [0.15, 0.2) is 36.7 Å². The molecule has 2 amide bonds. The molecule has 48 heavy (non-hydrogen) atoms. The summed E-state index contributed by atoms with van der Waals surface area (Å²) < 4.78 is 16.2. The Labute approximate surface area is 288 Å².